The summed E-state index contributed by atoms with van der Waals surface area (Å²) in [5, 5.41) is 9.94. The van der Waals surface area contributed by atoms with Crippen LogP contribution in [0.15, 0.2) is 12.1 Å². The number of benzene rings is 1. The molecule has 2 unspecified atom stereocenters. The Hall–Kier alpha value is -0.970. The van der Waals surface area contributed by atoms with Crippen LogP contribution in [0.25, 0.3) is 0 Å². The number of aliphatic hydroxyl groups is 1. The van der Waals surface area contributed by atoms with Gasteiger partial charge in [-0.25, -0.2) is 0 Å². The third kappa shape index (κ3) is 5.06. The van der Waals surface area contributed by atoms with Crippen LogP contribution in [0.4, 0.5) is 0 Å². The summed E-state index contributed by atoms with van der Waals surface area (Å²) in [7, 11) is 0. The minimum absolute atomic E-state index is 0.0816. The average molecular weight is 316 g/mol. The lowest BCUT2D eigenvalue weighted by molar-refractivity contribution is 0.217. The number of aliphatic hydroxyl groups excluding tert-OH is 1. The van der Waals surface area contributed by atoms with Crippen LogP contribution < -0.4 is 15.2 Å². The molecule has 0 saturated carbocycles. The van der Waals surface area contributed by atoms with Crippen molar-refractivity contribution in [3.63, 3.8) is 0 Å². The highest BCUT2D eigenvalue weighted by molar-refractivity contribution is 6.31. The van der Waals surface area contributed by atoms with Crippen LogP contribution in [-0.2, 0) is 0 Å². The number of hydrogen-bond acceptors (Lipinski definition) is 4. The molecule has 3 N–H and O–H groups in total. The molecular weight excluding hydrogens is 290 g/mol. The molecule has 0 aromatic heterocycles. The van der Waals surface area contributed by atoms with Crippen LogP contribution in [0.3, 0.4) is 0 Å². The molecule has 0 fully saturated rings. The maximum atomic E-state index is 9.29. The van der Waals surface area contributed by atoms with Crippen LogP contribution in [0.1, 0.15) is 38.7 Å². The van der Waals surface area contributed by atoms with Crippen molar-refractivity contribution in [1.29, 1.82) is 0 Å². The third-order valence-electron chi connectivity index (χ3n) is 3.47. The standard InChI is InChI=1S/C16H26ClNO3/c1-4-20-15-7-13(11(3)6-12(9-18)10-19)14(17)8-16(15)21-5-2/h7-8,11-12,19H,4-6,9-10,18H2,1-3H3. The topological polar surface area (TPSA) is 64.7 Å². The van der Waals surface area contributed by atoms with Crippen molar-refractivity contribution in [3.05, 3.63) is 22.7 Å². The fraction of sp³-hybridized carbons (Fsp3) is 0.625. The quantitative estimate of drug-likeness (QED) is 0.734. The van der Waals surface area contributed by atoms with Crippen molar-refractivity contribution >= 4 is 11.6 Å². The van der Waals surface area contributed by atoms with Gasteiger partial charge in [-0.05, 0) is 50.3 Å². The third-order valence-corrected chi connectivity index (χ3v) is 3.80. The highest BCUT2D eigenvalue weighted by Crippen LogP contribution is 2.38. The van der Waals surface area contributed by atoms with Crippen LogP contribution in [0, 0.1) is 5.92 Å². The lowest BCUT2D eigenvalue weighted by Gasteiger charge is -2.21. The minimum atomic E-state index is 0.0816. The zero-order valence-corrected chi connectivity index (χ0v) is 13.8. The van der Waals surface area contributed by atoms with Crippen LogP contribution in [0.2, 0.25) is 5.02 Å². The van der Waals surface area contributed by atoms with Gasteiger partial charge < -0.3 is 20.3 Å². The monoisotopic (exact) mass is 315 g/mol. The Morgan fingerprint density at radius 1 is 1.19 bits per heavy atom. The fourth-order valence-electron chi connectivity index (χ4n) is 2.34. The van der Waals surface area contributed by atoms with E-state index in [9.17, 15) is 5.11 Å². The Morgan fingerprint density at radius 3 is 2.24 bits per heavy atom. The summed E-state index contributed by atoms with van der Waals surface area (Å²) in [6.45, 7) is 7.62. The van der Waals surface area contributed by atoms with Crippen molar-refractivity contribution in [2.24, 2.45) is 11.7 Å². The van der Waals surface area contributed by atoms with Gasteiger partial charge in [0, 0.05) is 17.7 Å². The molecule has 4 nitrogen and oxygen atoms in total. The first-order valence-electron chi connectivity index (χ1n) is 7.47. The van der Waals surface area contributed by atoms with Gasteiger partial charge in [0.15, 0.2) is 11.5 Å². The zero-order valence-electron chi connectivity index (χ0n) is 13.1. The van der Waals surface area contributed by atoms with E-state index in [0.717, 1.165) is 12.0 Å². The highest BCUT2D eigenvalue weighted by atomic mass is 35.5. The second-order valence-electron chi connectivity index (χ2n) is 5.11. The van der Waals surface area contributed by atoms with Gasteiger partial charge >= 0.3 is 0 Å². The van der Waals surface area contributed by atoms with Crippen LogP contribution in [-0.4, -0.2) is 31.5 Å². The van der Waals surface area contributed by atoms with E-state index in [4.69, 9.17) is 26.8 Å². The second-order valence-corrected chi connectivity index (χ2v) is 5.51. The van der Waals surface area contributed by atoms with E-state index in [2.05, 4.69) is 6.92 Å². The number of ether oxygens (including phenoxy) is 2. The van der Waals surface area contributed by atoms with Gasteiger partial charge in [-0.3, -0.25) is 0 Å². The molecule has 5 heteroatoms. The normalized spacial score (nSPS) is 13.8. The van der Waals surface area contributed by atoms with Crippen molar-refractivity contribution in [2.75, 3.05) is 26.4 Å². The summed E-state index contributed by atoms with van der Waals surface area (Å²) < 4.78 is 11.2. The Bertz CT molecular complexity index is 436. The molecule has 0 heterocycles. The van der Waals surface area contributed by atoms with Gasteiger partial charge in [-0.15, -0.1) is 0 Å². The largest absolute Gasteiger partial charge is 0.490 e. The first kappa shape index (κ1) is 18.1. The first-order chi connectivity index (χ1) is 10.1. The predicted molar refractivity (Wildman–Crippen MR) is 86.5 cm³/mol. The van der Waals surface area contributed by atoms with E-state index in [1.165, 1.54) is 0 Å². The van der Waals surface area contributed by atoms with E-state index in [-0.39, 0.29) is 18.4 Å². The summed E-state index contributed by atoms with van der Waals surface area (Å²) in [4.78, 5) is 0. The number of nitrogens with two attached hydrogens (primary N) is 1. The molecule has 0 aliphatic heterocycles. The van der Waals surface area contributed by atoms with Crippen molar-refractivity contribution < 1.29 is 14.6 Å². The first-order valence-corrected chi connectivity index (χ1v) is 7.84. The number of hydrogen-bond donors (Lipinski definition) is 2. The molecule has 1 aromatic rings. The smallest absolute Gasteiger partial charge is 0.162 e. The zero-order chi connectivity index (χ0) is 15.8. The molecule has 0 bridgehead atoms. The molecule has 0 spiro atoms. The van der Waals surface area contributed by atoms with Gasteiger partial charge in [0.1, 0.15) is 0 Å². The fourth-order valence-corrected chi connectivity index (χ4v) is 2.68. The molecule has 0 aliphatic carbocycles. The molecule has 0 radical (unpaired) electrons. The molecular formula is C16H26ClNO3. The summed E-state index contributed by atoms with van der Waals surface area (Å²) in [6, 6.07) is 3.74. The van der Waals surface area contributed by atoms with E-state index in [1.807, 2.05) is 19.9 Å². The number of halogens is 1. The van der Waals surface area contributed by atoms with Crippen molar-refractivity contribution in [3.8, 4) is 11.5 Å². The molecule has 1 aromatic carbocycles. The predicted octanol–water partition coefficient (Wildman–Crippen LogP) is 3.20. The maximum absolute atomic E-state index is 9.29. The summed E-state index contributed by atoms with van der Waals surface area (Å²) in [5.41, 5.74) is 6.65. The Morgan fingerprint density at radius 2 is 1.76 bits per heavy atom. The van der Waals surface area contributed by atoms with Crippen LogP contribution in [0.5, 0.6) is 11.5 Å². The van der Waals surface area contributed by atoms with Gasteiger partial charge in [0.25, 0.3) is 0 Å². The van der Waals surface area contributed by atoms with Crippen LogP contribution >= 0.6 is 11.6 Å². The average Bonchev–Trinajstić information content (AvgIpc) is 2.47. The van der Waals surface area contributed by atoms with Gasteiger partial charge in [-0.2, -0.15) is 0 Å². The highest BCUT2D eigenvalue weighted by Gasteiger charge is 2.18. The van der Waals surface area contributed by atoms with Gasteiger partial charge in [0.05, 0.1) is 13.2 Å². The number of rotatable bonds is 9. The molecule has 0 amide bonds. The van der Waals surface area contributed by atoms with E-state index >= 15 is 0 Å². The SMILES string of the molecule is CCOc1cc(Cl)c(C(C)CC(CN)CO)cc1OCC. The summed E-state index contributed by atoms with van der Waals surface area (Å²) in [6.07, 6.45) is 0.784. The second kappa shape index (κ2) is 9.13. The lowest BCUT2D eigenvalue weighted by Crippen LogP contribution is -2.20. The molecule has 0 aliphatic rings. The van der Waals surface area contributed by atoms with Crippen molar-refractivity contribution in [1.82, 2.24) is 0 Å². The molecule has 21 heavy (non-hydrogen) atoms. The van der Waals surface area contributed by atoms with Gasteiger partial charge in [-0.1, -0.05) is 18.5 Å². The maximum Gasteiger partial charge on any atom is 0.162 e. The Balaban J connectivity index is 3.03. The minimum Gasteiger partial charge on any atom is -0.490 e. The van der Waals surface area contributed by atoms with Gasteiger partial charge in [0.2, 0.25) is 0 Å². The Labute approximate surface area is 132 Å². The Kier molecular flexibility index (Phi) is 7.86. The molecule has 1 rings (SSSR count). The van der Waals surface area contributed by atoms with E-state index < -0.39 is 0 Å². The molecule has 0 saturated heterocycles. The van der Waals surface area contributed by atoms with E-state index in [1.54, 1.807) is 6.07 Å². The molecule has 2 atom stereocenters. The lowest BCUT2D eigenvalue weighted by atomic mass is 9.90. The summed E-state index contributed by atoms with van der Waals surface area (Å²) >= 11 is 6.37. The summed E-state index contributed by atoms with van der Waals surface area (Å²) in [5.74, 6) is 1.64. The molecule has 120 valence electrons. The van der Waals surface area contributed by atoms with Crippen molar-refractivity contribution in [2.45, 2.75) is 33.1 Å². The van der Waals surface area contributed by atoms with E-state index in [0.29, 0.717) is 36.3 Å².